The molecule has 2 fully saturated rings. The first kappa shape index (κ1) is 23.2. The summed E-state index contributed by atoms with van der Waals surface area (Å²) in [5.74, 6) is -0.170. The average molecular weight is 476 g/mol. The highest BCUT2D eigenvalue weighted by Crippen LogP contribution is 2.31. The molecular weight excluding hydrogens is 445 g/mol. The van der Waals surface area contributed by atoms with Crippen LogP contribution in [0, 0.1) is 17.1 Å². The van der Waals surface area contributed by atoms with Gasteiger partial charge < -0.3 is 10.2 Å². The molecule has 0 unspecified atom stereocenters. The molecule has 0 spiro atoms. The van der Waals surface area contributed by atoms with Crippen molar-refractivity contribution in [2.75, 3.05) is 36.4 Å². The van der Waals surface area contributed by atoms with E-state index < -0.39 is 0 Å². The van der Waals surface area contributed by atoms with Crippen molar-refractivity contribution in [2.45, 2.75) is 51.6 Å². The van der Waals surface area contributed by atoms with Crippen LogP contribution in [0.25, 0.3) is 11.0 Å². The molecule has 2 aliphatic rings. The molecule has 3 aromatic rings. The highest BCUT2D eigenvalue weighted by Gasteiger charge is 2.23. The molecule has 5 rings (SSSR count). The molecule has 1 N–H and O–H groups in total. The molecule has 35 heavy (non-hydrogen) atoms. The van der Waals surface area contributed by atoms with E-state index in [0.717, 1.165) is 57.5 Å². The lowest BCUT2D eigenvalue weighted by atomic mass is 10.2. The zero-order valence-corrected chi connectivity index (χ0v) is 20.2. The minimum atomic E-state index is -0.384. The third-order valence-corrected chi connectivity index (χ3v) is 7.19. The Bertz CT molecular complexity index is 1330. The number of nitriles is 1. The number of hydrogen-bond donors (Lipinski definition) is 1. The number of nitrogens with one attached hydrogen (secondary N) is 1. The fourth-order valence-electron chi connectivity index (χ4n) is 5.18. The van der Waals surface area contributed by atoms with Crippen molar-refractivity contribution in [2.24, 2.45) is 0 Å². The van der Waals surface area contributed by atoms with Crippen LogP contribution in [0.15, 0.2) is 35.3 Å². The predicted octanol–water partition coefficient (Wildman–Crippen LogP) is 4.19. The SMILES string of the molecule is CC(C)N1CCN(c2ccc(Nc3ncc4cc(C#N)c(=O)n(C5CCCC5)c4n3)c(F)c2)CC1. The summed E-state index contributed by atoms with van der Waals surface area (Å²) in [5.41, 5.74) is 1.36. The molecule has 182 valence electrons. The van der Waals surface area contributed by atoms with Crippen LogP contribution in [-0.2, 0) is 0 Å². The lowest BCUT2D eigenvalue weighted by Gasteiger charge is -2.38. The summed E-state index contributed by atoms with van der Waals surface area (Å²) in [7, 11) is 0. The number of fused-ring (bicyclic) bond motifs is 1. The van der Waals surface area contributed by atoms with E-state index in [-0.39, 0.29) is 34.6 Å². The van der Waals surface area contributed by atoms with Crippen molar-refractivity contribution in [3.05, 3.63) is 52.2 Å². The lowest BCUT2D eigenvalue weighted by Crippen LogP contribution is -2.48. The first-order valence-electron chi connectivity index (χ1n) is 12.3. The normalized spacial score (nSPS) is 17.3. The molecule has 1 aromatic carbocycles. The van der Waals surface area contributed by atoms with Gasteiger partial charge in [0.2, 0.25) is 5.95 Å². The summed E-state index contributed by atoms with van der Waals surface area (Å²) in [6.07, 6.45) is 5.40. The van der Waals surface area contributed by atoms with Crippen LogP contribution in [0.4, 0.5) is 21.7 Å². The van der Waals surface area contributed by atoms with Crippen molar-refractivity contribution in [3.63, 3.8) is 0 Å². The van der Waals surface area contributed by atoms with Gasteiger partial charge in [-0.3, -0.25) is 14.3 Å². The highest BCUT2D eigenvalue weighted by molar-refractivity contribution is 5.77. The monoisotopic (exact) mass is 475 g/mol. The van der Waals surface area contributed by atoms with E-state index in [1.54, 1.807) is 22.9 Å². The second-order valence-electron chi connectivity index (χ2n) is 9.66. The number of nitrogens with zero attached hydrogens (tertiary/aromatic N) is 6. The number of benzene rings is 1. The number of hydrogen-bond acceptors (Lipinski definition) is 7. The molecular formula is C26H30FN7O. The minimum absolute atomic E-state index is 0.00762. The fraction of sp³-hybridized carbons (Fsp3) is 0.462. The van der Waals surface area contributed by atoms with Gasteiger partial charge in [0.15, 0.2) is 0 Å². The molecule has 0 amide bonds. The van der Waals surface area contributed by atoms with Crippen molar-refractivity contribution in [3.8, 4) is 6.07 Å². The number of aromatic nitrogens is 3. The van der Waals surface area contributed by atoms with Gasteiger partial charge in [-0.15, -0.1) is 0 Å². The van der Waals surface area contributed by atoms with Gasteiger partial charge in [-0.05, 0) is 51.0 Å². The lowest BCUT2D eigenvalue weighted by molar-refractivity contribution is 0.209. The number of anilines is 3. The Morgan fingerprint density at radius 3 is 2.54 bits per heavy atom. The maximum atomic E-state index is 15.1. The van der Waals surface area contributed by atoms with Gasteiger partial charge >= 0.3 is 0 Å². The topological polar surface area (TPSA) is 90.1 Å². The van der Waals surface area contributed by atoms with E-state index >= 15 is 4.39 Å². The summed E-state index contributed by atoms with van der Waals surface area (Å²) < 4.78 is 16.7. The molecule has 3 heterocycles. The summed E-state index contributed by atoms with van der Waals surface area (Å²) in [5, 5.41) is 13.0. The third kappa shape index (κ3) is 4.58. The Balaban J connectivity index is 1.41. The van der Waals surface area contributed by atoms with Crippen LogP contribution in [-0.4, -0.2) is 51.7 Å². The summed E-state index contributed by atoms with van der Waals surface area (Å²) in [4.78, 5) is 26.5. The molecule has 0 atom stereocenters. The van der Waals surface area contributed by atoms with E-state index in [4.69, 9.17) is 0 Å². The van der Waals surface area contributed by atoms with Gasteiger partial charge in [-0.2, -0.15) is 10.2 Å². The van der Waals surface area contributed by atoms with Crippen LogP contribution in [0.1, 0.15) is 51.1 Å². The number of rotatable bonds is 5. The van der Waals surface area contributed by atoms with E-state index in [0.29, 0.717) is 17.1 Å². The van der Waals surface area contributed by atoms with E-state index in [9.17, 15) is 10.1 Å². The zero-order valence-electron chi connectivity index (χ0n) is 20.2. The van der Waals surface area contributed by atoms with E-state index in [1.165, 1.54) is 6.07 Å². The van der Waals surface area contributed by atoms with E-state index in [2.05, 4.69) is 38.9 Å². The largest absolute Gasteiger partial charge is 0.369 e. The van der Waals surface area contributed by atoms with Crippen molar-refractivity contribution in [1.82, 2.24) is 19.4 Å². The second kappa shape index (κ2) is 9.62. The smallest absolute Gasteiger partial charge is 0.270 e. The number of piperazine rings is 1. The Kier molecular flexibility index (Phi) is 6.39. The molecule has 8 nitrogen and oxygen atoms in total. The molecule has 9 heteroatoms. The maximum absolute atomic E-state index is 15.1. The van der Waals surface area contributed by atoms with Gasteiger partial charge in [-0.1, -0.05) is 12.8 Å². The van der Waals surface area contributed by atoms with Gasteiger partial charge in [0.25, 0.3) is 5.56 Å². The molecule has 1 saturated heterocycles. The van der Waals surface area contributed by atoms with Crippen LogP contribution in [0.3, 0.4) is 0 Å². The van der Waals surface area contributed by atoms with Crippen LogP contribution in [0.5, 0.6) is 0 Å². The van der Waals surface area contributed by atoms with Gasteiger partial charge in [0, 0.05) is 55.5 Å². The first-order valence-corrected chi connectivity index (χ1v) is 12.3. The maximum Gasteiger partial charge on any atom is 0.270 e. The Morgan fingerprint density at radius 1 is 1.14 bits per heavy atom. The summed E-state index contributed by atoms with van der Waals surface area (Å²) >= 11 is 0. The predicted molar refractivity (Wildman–Crippen MR) is 135 cm³/mol. The van der Waals surface area contributed by atoms with Gasteiger partial charge in [0.1, 0.15) is 23.1 Å². The average Bonchev–Trinajstić information content (AvgIpc) is 3.39. The van der Waals surface area contributed by atoms with Crippen molar-refractivity contribution >= 4 is 28.4 Å². The minimum Gasteiger partial charge on any atom is -0.369 e. The van der Waals surface area contributed by atoms with Gasteiger partial charge in [-0.25, -0.2) is 9.37 Å². The molecule has 0 bridgehead atoms. The summed E-state index contributed by atoms with van der Waals surface area (Å²) in [6, 6.07) is 9.20. The quantitative estimate of drug-likeness (QED) is 0.592. The third-order valence-electron chi connectivity index (χ3n) is 7.19. The fourth-order valence-corrected chi connectivity index (χ4v) is 5.18. The molecule has 1 aliphatic carbocycles. The highest BCUT2D eigenvalue weighted by atomic mass is 19.1. The molecule has 0 radical (unpaired) electrons. The first-order chi connectivity index (χ1) is 16.9. The van der Waals surface area contributed by atoms with Crippen LogP contribution in [0.2, 0.25) is 0 Å². The van der Waals surface area contributed by atoms with E-state index in [1.807, 2.05) is 12.1 Å². The standard InChI is InChI=1S/C26H30FN7O/c1-17(2)32-9-11-33(12-10-32)21-7-8-23(22(27)14-21)30-26-29-16-19-13-18(15-28)25(35)34(24(19)31-26)20-5-3-4-6-20/h7-8,13-14,16-17,20H,3-6,9-12H2,1-2H3,(H,29,30,31). The Hall–Kier alpha value is -3.51. The molecule has 1 saturated carbocycles. The van der Waals surface area contributed by atoms with Crippen molar-refractivity contribution in [1.29, 1.82) is 5.26 Å². The van der Waals surface area contributed by atoms with Crippen molar-refractivity contribution < 1.29 is 4.39 Å². The second-order valence-corrected chi connectivity index (χ2v) is 9.66. The molecule has 1 aliphatic heterocycles. The number of pyridine rings is 1. The summed E-state index contributed by atoms with van der Waals surface area (Å²) in [6.45, 7) is 8.03. The molecule has 2 aromatic heterocycles. The zero-order chi connectivity index (χ0) is 24.5. The van der Waals surface area contributed by atoms with Gasteiger partial charge in [0.05, 0.1) is 5.69 Å². The Morgan fingerprint density at radius 2 is 1.89 bits per heavy atom. The van der Waals surface area contributed by atoms with Crippen LogP contribution < -0.4 is 15.8 Å². The van der Waals surface area contributed by atoms with Crippen LogP contribution >= 0.6 is 0 Å². The Labute approximate surface area is 204 Å². The number of halogens is 1.